The van der Waals surface area contributed by atoms with Gasteiger partial charge in [-0.25, -0.2) is 4.79 Å². The van der Waals surface area contributed by atoms with Gasteiger partial charge in [-0.3, -0.25) is 0 Å². The van der Waals surface area contributed by atoms with Gasteiger partial charge in [-0.15, -0.1) is 0 Å². The number of halogens is 1. The molecule has 0 radical (unpaired) electrons. The number of aromatic carboxylic acids is 1. The summed E-state index contributed by atoms with van der Waals surface area (Å²) in [5.74, 6) is -0.946. The fraction of sp³-hybridized carbons (Fsp3) is 0.500. The molecule has 1 saturated heterocycles. The van der Waals surface area contributed by atoms with Crippen molar-refractivity contribution < 1.29 is 14.6 Å². The third-order valence-corrected chi connectivity index (χ3v) is 3.89. The molecule has 1 fully saturated rings. The molecule has 19 heavy (non-hydrogen) atoms. The van der Waals surface area contributed by atoms with Gasteiger partial charge < -0.3 is 14.7 Å². The van der Waals surface area contributed by atoms with Gasteiger partial charge in [0.2, 0.25) is 0 Å². The van der Waals surface area contributed by atoms with E-state index in [-0.39, 0.29) is 17.7 Å². The van der Waals surface area contributed by atoms with Gasteiger partial charge in [0.05, 0.1) is 17.4 Å². The Morgan fingerprint density at radius 3 is 2.84 bits per heavy atom. The predicted octanol–water partition coefficient (Wildman–Crippen LogP) is 3.04. The number of methoxy groups -OCH3 is 1. The Morgan fingerprint density at radius 1 is 1.53 bits per heavy atom. The molecule has 4 nitrogen and oxygen atoms in total. The van der Waals surface area contributed by atoms with Crippen LogP contribution in [0.4, 0.5) is 5.69 Å². The van der Waals surface area contributed by atoms with E-state index in [9.17, 15) is 9.90 Å². The van der Waals surface area contributed by atoms with Crippen LogP contribution in [0.25, 0.3) is 0 Å². The molecule has 0 saturated carbocycles. The van der Waals surface area contributed by atoms with Crippen LogP contribution in [0.1, 0.15) is 30.1 Å². The second-order valence-corrected chi connectivity index (χ2v) is 5.33. The second-order valence-electron chi connectivity index (χ2n) is 4.89. The molecule has 0 aliphatic carbocycles. The van der Waals surface area contributed by atoms with Crippen molar-refractivity contribution in [3.63, 3.8) is 0 Å². The van der Waals surface area contributed by atoms with Gasteiger partial charge in [0.25, 0.3) is 0 Å². The Balaban J connectivity index is 2.29. The Morgan fingerprint density at radius 2 is 2.26 bits per heavy atom. The van der Waals surface area contributed by atoms with Crippen molar-refractivity contribution in [3.8, 4) is 0 Å². The molecule has 104 valence electrons. The first-order valence-electron chi connectivity index (χ1n) is 6.35. The summed E-state index contributed by atoms with van der Waals surface area (Å²) >= 11 is 5.88. The zero-order valence-corrected chi connectivity index (χ0v) is 11.9. The minimum atomic E-state index is -0.946. The molecule has 0 amide bonds. The van der Waals surface area contributed by atoms with Crippen molar-refractivity contribution in [1.29, 1.82) is 0 Å². The zero-order chi connectivity index (χ0) is 14.0. The minimum Gasteiger partial charge on any atom is -0.478 e. The Bertz CT molecular complexity index is 478. The van der Waals surface area contributed by atoms with E-state index >= 15 is 0 Å². The quantitative estimate of drug-likeness (QED) is 0.926. The highest BCUT2D eigenvalue weighted by molar-refractivity contribution is 6.31. The van der Waals surface area contributed by atoms with Crippen molar-refractivity contribution in [3.05, 3.63) is 28.8 Å². The van der Waals surface area contributed by atoms with Crippen molar-refractivity contribution in [2.75, 3.05) is 18.6 Å². The number of anilines is 1. The van der Waals surface area contributed by atoms with E-state index in [0.717, 1.165) is 25.1 Å². The number of piperidine rings is 1. The van der Waals surface area contributed by atoms with E-state index in [4.69, 9.17) is 16.3 Å². The maximum atomic E-state index is 11.3. The van der Waals surface area contributed by atoms with Crippen LogP contribution in [0.5, 0.6) is 0 Å². The van der Waals surface area contributed by atoms with Crippen LogP contribution in [0, 0.1) is 0 Å². The lowest BCUT2D eigenvalue weighted by molar-refractivity contribution is 0.0691. The highest BCUT2D eigenvalue weighted by atomic mass is 35.5. The molecule has 5 heteroatoms. The van der Waals surface area contributed by atoms with Gasteiger partial charge in [0, 0.05) is 24.7 Å². The molecule has 0 spiro atoms. The average Bonchev–Trinajstić information content (AvgIpc) is 2.39. The summed E-state index contributed by atoms with van der Waals surface area (Å²) in [6.07, 6.45) is 2.06. The third kappa shape index (κ3) is 3.01. The van der Waals surface area contributed by atoms with E-state index in [1.54, 1.807) is 19.2 Å². The monoisotopic (exact) mass is 283 g/mol. The molecule has 0 bridgehead atoms. The fourth-order valence-electron chi connectivity index (χ4n) is 2.63. The van der Waals surface area contributed by atoms with E-state index in [2.05, 4.69) is 11.8 Å². The molecular weight excluding hydrogens is 266 g/mol. The smallest absolute Gasteiger partial charge is 0.337 e. The standard InChI is InChI=1S/C14H18ClNO3/c1-9-7-11(19-2)5-6-16(9)13-4-3-10(15)8-12(13)14(17)18/h3-4,8-9,11H,5-7H2,1-2H3,(H,17,18). The van der Waals surface area contributed by atoms with Crippen molar-refractivity contribution >= 4 is 23.3 Å². The minimum absolute atomic E-state index is 0.248. The summed E-state index contributed by atoms with van der Waals surface area (Å²) in [7, 11) is 1.72. The van der Waals surface area contributed by atoms with Gasteiger partial charge in [0.1, 0.15) is 0 Å². The van der Waals surface area contributed by atoms with Crippen LogP contribution in [0.2, 0.25) is 5.02 Å². The summed E-state index contributed by atoms with van der Waals surface area (Å²) in [6, 6.07) is 5.28. The number of carbonyl (C=O) groups is 1. The van der Waals surface area contributed by atoms with Crippen LogP contribution in [-0.4, -0.2) is 36.9 Å². The van der Waals surface area contributed by atoms with Gasteiger partial charge in [-0.2, -0.15) is 0 Å². The van der Waals surface area contributed by atoms with E-state index in [1.165, 1.54) is 6.07 Å². The number of rotatable bonds is 3. The molecule has 1 aromatic rings. The lowest BCUT2D eigenvalue weighted by atomic mass is 9.98. The number of benzene rings is 1. The number of carboxylic acids is 1. The van der Waals surface area contributed by atoms with Gasteiger partial charge in [-0.05, 0) is 38.0 Å². The molecule has 1 heterocycles. The van der Waals surface area contributed by atoms with Crippen LogP contribution in [0.15, 0.2) is 18.2 Å². The third-order valence-electron chi connectivity index (χ3n) is 3.66. The topological polar surface area (TPSA) is 49.8 Å². The molecule has 1 aliphatic heterocycles. The van der Waals surface area contributed by atoms with Gasteiger partial charge in [0.15, 0.2) is 0 Å². The summed E-state index contributed by atoms with van der Waals surface area (Å²) in [5.41, 5.74) is 0.995. The number of carboxylic acid groups (broad SMARTS) is 1. The Kier molecular flexibility index (Phi) is 4.32. The van der Waals surface area contributed by atoms with E-state index in [0.29, 0.717) is 5.02 Å². The van der Waals surface area contributed by atoms with Crippen LogP contribution < -0.4 is 4.90 Å². The molecule has 2 unspecified atom stereocenters. The number of nitrogens with zero attached hydrogens (tertiary/aromatic N) is 1. The molecule has 1 N–H and O–H groups in total. The number of hydrogen-bond acceptors (Lipinski definition) is 3. The second kappa shape index (κ2) is 5.80. The first-order valence-corrected chi connectivity index (χ1v) is 6.73. The van der Waals surface area contributed by atoms with Crippen molar-refractivity contribution in [1.82, 2.24) is 0 Å². The van der Waals surface area contributed by atoms with Gasteiger partial charge in [-0.1, -0.05) is 11.6 Å². The Labute approximate surface area is 117 Å². The molecule has 1 aliphatic rings. The SMILES string of the molecule is COC1CCN(c2ccc(Cl)cc2C(=O)O)C(C)C1. The molecule has 2 atom stereocenters. The lowest BCUT2D eigenvalue weighted by Crippen LogP contribution is -2.43. The highest BCUT2D eigenvalue weighted by Crippen LogP contribution is 2.30. The van der Waals surface area contributed by atoms with Crippen LogP contribution in [0.3, 0.4) is 0 Å². The number of hydrogen-bond donors (Lipinski definition) is 1. The average molecular weight is 284 g/mol. The summed E-state index contributed by atoms with van der Waals surface area (Å²) in [4.78, 5) is 13.5. The lowest BCUT2D eigenvalue weighted by Gasteiger charge is -2.39. The zero-order valence-electron chi connectivity index (χ0n) is 11.1. The first-order chi connectivity index (χ1) is 9.02. The number of ether oxygens (including phenoxy) is 1. The summed E-state index contributed by atoms with van der Waals surface area (Å²) in [6.45, 7) is 2.88. The highest BCUT2D eigenvalue weighted by Gasteiger charge is 2.28. The maximum Gasteiger partial charge on any atom is 0.337 e. The molecule has 0 aromatic heterocycles. The van der Waals surface area contributed by atoms with Crippen LogP contribution in [-0.2, 0) is 4.74 Å². The predicted molar refractivity (Wildman–Crippen MR) is 75.3 cm³/mol. The largest absolute Gasteiger partial charge is 0.478 e. The van der Waals surface area contributed by atoms with Gasteiger partial charge >= 0.3 is 5.97 Å². The fourth-order valence-corrected chi connectivity index (χ4v) is 2.80. The van der Waals surface area contributed by atoms with E-state index in [1.807, 2.05) is 0 Å². The van der Waals surface area contributed by atoms with Crippen LogP contribution >= 0.6 is 11.6 Å². The maximum absolute atomic E-state index is 11.3. The first kappa shape index (κ1) is 14.2. The summed E-state index contributed by atoms with van der Waals surface area (Å²) in [5, 5.41) is 9.74. The molecule has 1 aromatic carbocycles. The molecular formula is C14H18ClNO3. The van der Waals surface area contributed by atoms with Crippen molar-refractivity contribution in [2.24, 2.45) is 0 Å². The summed E-state index contributed by atoms with van der Waals surface area (Å²) < 4.78 is 5.38. The van der Waals surface area contributed by atoms with E-state index < -0.39 is 5.97 Å². The molecule has 2 rings (SSSR count). The Hall–Kier alpha value is -1.26. The van der Waals surface area contributed by atoms with Crippen molar-refractivity contribution in [2.45, 2.75) is 31.9 Å². The normalized spacial score (nSPS) is 23.4.